The summed E-state index contributed by atoms with van der Waals surface area (Å²) in [5.41, 5.74) is 0.338. The molecule has 1 aromatic carbocycles. The summed E-state index contributed by atoms with van der Waals surface area (Å²) in [6, 6.07) is 5.88. The Morgan fingerprint density at radius 3 is 2.36 bits per heavy atom. The molecule has 0 bridgehead atoms. The van der Waals surface area contributed by atoms with Crippen LogP contribution in [0.3, 0.4) is 0 Å². The van der Waals surface area contributed by atoms with Crippen LogP contribution in [0.1, 0.15) is 10.4 Å². The summed E-state index contributed by atoms with van der Waals surface area (Å²) in [6.45, 7) is 2.75. The van der Waals surface area contributed by atoms with Crippen molar-refractivity contribution in [3.63, 3.8) is 0 Å². The minimum absolute atomic E-state index is 0.157. The third-order valence-electron chi connectivity index (χ3n) is 3.07. The van der Waals surface area contributed by atoms with Crippen LogP contribution < -0.4 is 4.90 Å². The Balaban J connectivity index is 2.39. The fourth-order valence-electron chi connectivity index (χ4n) is 1.90. The normalized spacial score (nSPS) is 15.4. The summed E-state index contributed by atoms with van der Waals surface area (Å²) < 4.78 is 4.58. The molecule has 1 N–H and O–H groups in total. The lowest BCUT2D eigenvalue weighted by Gasteiger charge is -2.35. The van der Waals surface area contributed by atoms with Crippen molar-refractivity contribution in [1.82, 2.24) is 4.90 Å². The van der Waals surface area contributed by atoms with Crippen LogP contribution in [0, 0.1) is 0 Å². The molecule has 1 aliphatic rings. The molecule has 1 saturated heterocycles. The maximum atomic E-state index is 12.2. The van der Waals surface area contributed by atoms with Gasteiger partial charge in [0.1, 0.15) is 6.73 Å². The number of hydrogen-bond donors (Lipinski definition) is 1. The lowest BCUT2D eigenvalue weighted by molar-refractivity contribution is -0.130. The number of benzene rings is 1. The van der Waals surface area contributed by atoms with E-state index in [-0.39, 0.29) is 10.7 Å². The lowest BCUT2D eigenvalue weighted by Crippen LogP contribution is -2.56. The van der Waals surface area contributed by atoms with Crippen LogP contribution in [0.25, 0.3) is 0 Å². The smallest absolute Gasteiger partial charge is 0.337 e. The van der Waals surface area contributed by atoms with Crippen molar-refractivity contribution in [3.8, 4) is 0 Å². The largest absolute Gasteiger partial charge is 0.465 e. The average molecular weight is 320 g/mol. The number of esters is 1. The number of carbonyl (C=O) groups is 3. The summed E-state index contributed by atoms with van der Waals surface area (Å²) in [6.07, 6.45) is 0. The van der Waals surface area contributed by atoms with Crippen LogP contribution in [-0.4, -0.2) is 46.7 Å². The predicted octanol–water partition coefficient (Wildman–Crippen LogP) is 0.439. The van der Waals surface area contributed by atoms with E-state index in [1.807, 2.05) is 0 Å². The molecule has 0 radical (unpaired) electrons. The van der Waals surface area contributed by atoms with Crippen LogP contribution >= 0.6 is 12.2 Å². The number of rotatable bonds is 3. The van der Waals surface area contributed by atoms with Gasteiger partial charge in [-0.05, 0) is 36.5 Å². The van der Waals surface area contributed by atoms with Gasteiger partial charge in [0.05, 0.1) is 23.9 Å². The predicted molar refractivity (Wildman–Crippen MR) is 80.9 cm³/mol. The lowest BCUT2D eigenvalue weighted by atomic mass is 10.1. The van der Waals surface area contributed by atoms with Gasteiger partial charge in [-0.3, -0.25) is 19.4 Å². The Morgan fingerprint density at radius 1 is 1.27 bits per heavy atom. The van der Waals surface area contributed by atoms with Gasteiger partial charge in [-0.15, -0.1) is 0 Å². The first-order chi connectivity index (χ1) is 10.4. The number of ether oxygens (including phenoxy) is 1. The monoisotopic (exact) mass is 320 g/mol. The van der Waals surface area contributed by atoms with Gasteiger partial charge in [0, 0.05) is 0 Å². The fourth-order valence-corrected chi connectivity index (χ4v) is 2.23. The van der Waals surface area contributed by atoms with Crippen molar-refractivity contribution in [2.24, 2.45) is 0 Å². The molecule has 1 aromatic rings. The minimum atomic E-state index is -0.736. The van der Waals surface area contributed by atoms with E-state index in [4.69, 9.17) is 12.2 Å². The van der Waals surface area contributed by atoms with Crippen LogP contribution in [-0.2, 0) is 14.3 Å². The molecule has 0 spiro atoms. The summed E-state index contributed by atoms with van der Waals surface area (Å²) in [5.74, 6) is -1.93. The molecule has 0 atom stereocenters. The second-order valence-corrected chi connectivity index (χ2v) is 4.68. The van der Waals surface area contributed by atoms with Gasteiger partial charge in [0.15, 0.2) is 5.11 Å². The molecule has 114 valence electrons. The Labute approximate surface area is 131 Å². The Hall–Kier alpha value is -2.58. The molecule has 2 amide bonds. The highest BCUT2D eigenvalue weighted by molar-refractivity contribution is 7.80. The molecule has 8 heteroatoms. The van der Waals surface area contributed by atoms with Crippen molar-refractivity contribution in [3.05, 3.63) is 42.0 Å². The van der Waals surface area contributed by atoms with Crippen molar-refractivity contribution < 1.29 is 24.2 Å². The Bertz CT molecular complexity index is 683. The van der Waals surface area contributed by atoms with Gasteiger partial charge >= 0.3 is 5.97 Å². The highest BCUT2D eigenvalue weighted by Gasteiger charge is 2.38. The maximum Gasteiger partial charge on any atom is 0.337 e. The number of aliphatic hydroxyl groups excluding tert-OH is 1. The highest BCUT2D eigenvalue weighted by Crippen LogP contribution is 2.24. The molecular formula is C14H12N2O5S. The standard InChI is InChI=1S/C14H12N2O5S/c1-8-11(18)15(7-17)14(22)16(12(8)19)10-5-3-9(4-6-10)13(20)21-2/h3-6,17H,1,7H2,2H3. The third kappa shape index (κ3) is 2.49. The Morgan fingerprint density at radius 2 is 1.86 bits per heavy atom. The molecular weight excluding hydrogens is 308 g/mol. The van der Waals surface area contributed by atoms with E-state index in [1.54, 1.807) is 0 Å². The molecule has 0 aliphatic carbocycles. The van der Waals surface area contributed by atoms with Crippen LogP contribution in [0.5, 0.6) is 0 Å². The van der Waals surface area contributed by atoms with E-state index < -0.39 is 24.5 Å². The first-order valence-electron chi connectivity index (χ1n) is 6.10. The summed E-state index contributed by atoms with van der Waals surface area (Å²) in [4.78, 5) is 37.3. The Kier molecular flexibility index (Phi) is 4.34. The number of thiocarbonyl (C=S) groups is 1. The molecule has 0 aromatic heterocycles. The highest BCUT2D eigenvalue weighted by atomic mass is 32.1. The number of aliphatic hydroxyl groups is 1. The zero-order valence-electron chi connectivity index (χ0n) is 11.6. The van der Waals surface area contributed by atoms with E-state index in [1.165, 1.54) is 31.4 Å². The average Bonchev–Trinajstić information content (AvgIpc) is 2.53. The first-order valence-corrected chi connectivity index (χ1v) is 6.51. The summed E-state index contributed by atoms with van der Waals surface area (Å²) >= 11 is 5.06. The van der Waals surface area contributed by atoms with Gasteiger partial charge in [0.2, 0.25) is 0 Å². The van der Waals surface area contributed by atoms with Gasteiger partial charge in [-0.25, -0.2) is 4.79 Å². The molecule has 7 nitrogen and oxygen atoms in total. The molecule has 1 heterocycles. The quantitative estimate of drug-likeness (QED) is 0.376. The molecule has 1 fully saturated rings. The number of amides is 2. The molecule has 22 heavy (non-hydrogen) atoms. The molecule has 0 saturated carbocycles. The van der Waals surface area contributed by atoms with Gasteiger partial charge in [0.25, 0.3) is 11.8 Å². The third-order valence-corrected chi connectivity index (χ3v) is 3.48. The van der Waals surface area contributed by atoms with Gasteiger partial charge in [-0.1, -0.05) is 6.58 Å². The zero-order valence-corrected chi connectivity index (χ0v) is 12.4. The van der Waals surface area contributed by atoms with Crippen LogP contribution in [0.15, 0.2) is 36.4 Å². The molecule has 1 aliphatic heterocycles. The maximum absolute atomic E-state index is 12.2. The number of methoxy groups -OCH3 is 1. The van der Waals surface area contributed by atoms with Crippen LogP contribution in [0.2, 0.25) is 0 Å². The molecule has 2 rings (SSSR count). The topological polar surface area (TPSA) is 87.2 Å². The minimum Gasteiger partial charge on any atom is -0.465 e. The fraction of sp³-hybridized carbons (Fsp3) is 0.143. The summed E-state index contributed by atoms with van der Waals surface area (Å²) in [7, 11) is 1.26. The number of carbonyl (C=O) groups excluding carboxylic acids is 3. The number of anilines is 1. The van der Waals surface area contributed by atoms with Crippen LogP contribution in [0.4, 0.5) is 5.69 Å². The number of hydrogen-bond acceptors (Lipinski definition) is 6. The SMILES string of the molecule is C=C1C(=O)N(CO)C(=S)N(c2ccc(C(=O)OC)cc2)C1=O. The van der Waals surface area contributed by atoms with E-state index in [0.29, 0.717) is 11.3 Å². The zero-order chi connectivity index (χ0) is 16.4. The number of nitrogens with zero attached hydrogens (tertiary/aromatic N) is 2. The first kappa shape index (κ1) is 15.8. The van der Waals surface area contributed by atoms with E-state index in [2.05, 4.69) is 11.3 Å². The van der Waals surface area contributed by atoms with Crippen molar-refractivity contribution in [2.75, 3.05) is 18.7 Å². The molecule has 0 unspecified atom stereocenters. The van der Waals surface area contributed by atoms with E-state index in [0.717, 1.165) is 9.80 Å². The van der Waals surface area contributed by atoms with E-state index >= 15 is 0 Å². The second-order valence-electron chi connectivity index (χ2n) is 4.31. The van der Waals surface area contributed by atoms with Crippen molar-refractivity contribution in [1.29, 1.82) is 0 Å². The summed E-state index contributed by atoms with van der Waals surface area (Å²) in [5, 5.41) is 9.07. The van der Waals surface area contributed by atoms with Gasteiger partial charge < -0.3 is 9.84 Å². The second kappa shape index (κ2) is 6.04. The van der Waals surface area contributed by atoms with E-state index in [9.17, 15) is 19.5 Å². The van der Waals surface area contributed by atoms with Crippen molar-refractivity contribution in [2.45, 2.75) is 0 Å². The van der Waals surface area contributed by atoms with Gasteiger partial charge in [-0.2, -0.15) is 0 Å². The van der Waals surface area contributed by atoms with Crippen molar-refractivity contribution >= 4 is 40.8 Å².